The number of benzene rings is 1. The Bertz CT molecular complexity index is 765. The van der Waals surface area contributed by atoms with Crippen molar-refractivity contribution in [2.24, 2.45) is 5.92 Å². The molecule has 3 heterocycles. The number of nitrogens with zero attached hydrogens (tertiary/aromatic N) is 3. The van der Waals surface area contributed by atoms with Crippen molar-refractivity contribution < 1.29 is 9.47 Å². The summed E-state index contributed by atoms with van der Waals surface area (Å²) in [4.78, 5) is 11.7. The van der Waals surface area contributed by atoms with Crippen LogP contribution in [0.25, 0.3) is 0 Å². The Kier molecular flexibility index (Phi) is 4.34. The fourth-order valence-corrected chi connectivity index (χ4v) is 3.40. The normalized spacial score (nSPS) is 19.1. The van der Waals surface area contributed by atoms with Crippen LogP contribution in [-0.4, -0.2) is 29.9 Å². The van der Waals surface area contributed by atoms with E-state index in [0.717, 1.165) is 47.6 Å². The Morgan fingerprint density at radius 1 is 1.20 bits per heavy atom. The van der Waals surface area contributed by atoms with Crippen LogP contribution in [0.15, 0.2) is 24.3 Å². The van der Waals surface area contributed by atoms with Crippen LogP contribution in [0.5, 0.6) is 11.5 Å². The molecular formula is C19H24N4O2. The van der Waals surface area contributed by atoms with Crippen LogP contribution in [0, 0.1) is 12.8 Å². The van der Waals surface area contributed by atoms with Crippen LogP contribution in [0.2, 0.25) is 0 Å². The van der Waals surface area contributed by atoms with Gasteiger partial charge in [-0.3, -0.25) is 0 Å². The quantitative estimate of drug-likeness (QED) is 0.921. The molecule has 1 saturated heterocycles. The fraction of sp³-hybridized carbons (Fsp3) is 0.474. The molecule has 0 amide bonds. The van der Waals surface area contributed by atoms with Gasteiger partial charge >= 0.3 is 0 Å². The fourth-order valence-electron chi connectivity index (χ4n) is 3.40. The third kappa shape index (κ3) is 3.62. The predicted molar refractivity (Wildman–Crippen MR) is 97.3 cm³/mol. The molecule has 1 N–H and O–H groups in total. The van der Waals surface area contributed by atoms with Crippen molar-refractivity contribution in [1.29, 1.82) is 0 Å². The minimum atomic E-state index is 0.301. The van der Waals surface area contributed by atoms with Gasteiger partial charge in [0.15, 0.2) is 11.5 Å². The first kappa shape index (κ1) is 16.0. The molecule has 0 aliphatic carbocycles. The number of aromatic nitrogens is 2. The summed E-state index contributed by atoms with van der Waals surface area (Å²) in [7, 11) is 0. The standard InChI is InChI=1S/C19H24N4O2/c1-13-4-3-7-23(11-13)19-21-14(2)8-18(22-19)20-10-15-5-6-16-17(9-15)25-12-24-16/h5-6,8-9,13H,3-4,7,10-12H2,1-2H3,(H,20,21,22). The molecule has 1 aromatic carbocycles. The highest BCUT2D eigenvalue weighted by atomic mass is 16.7. The number of anilines is 2. The minimum Gasteiger partial charge on any atom is -0.454 e. The average molecular weight is 340 g/mol. The van der Waals surface area contributed by atoms with Gasteiger partial charge in [0, 0.05) is 31.4 Å². The van der Waals surface area contributed by atoms with Gasteiger partial charge in [0.1, 0.15) is 5.82 Å². The molecule has 0 spiro atoms. The van der Waals surface area contributed by atoms with E-state index in [-0.39, 0.29) is 0 Å². The Balaban J connectivity index is 1.47. The molecule has 2 aromatic rings. The van der Waals surface area contributed by atoms with Gasteiger partial charge < -0.3 is 19.7 Å². The molecule has 1 fully saturated rings. The van der Waals surface area contributed by atoms with Crippen LogP contribution in [-0.2, 0) is 6.54 Å². The maximum atomic E-state index is 5.44. The summed E-state index contributed by atoms with van der Waals surface area (Å²) >= 11 is 0. The highest BCUT2D eigenvalue weighted by Gasteiger charge is 2.19. The van der Waals surface area contributed by atoms with Crippen molar-refractivity contribution >= 4 is 11.8 Å². The van der Waals surface area contributed by atoms with Crippen molar-refractivity contribution in [3.63, 3.8) is 0 Å². The topological polar surface area (TPSA) is 59.5 Å². The number of aryl methyl sites for hydroxylation is 1. The SMILES string of the molecule is Cc1cc(NCc2ccc3c(c2)OCO3)nc(N2CCCC(C)C2)n1. The van der Waals surface area contributed by atoms with Gasteiger partial charge in [0.25, 0.3) is 0 Å². The molecule has 2 aliphatic rings. The second-order valence-corrected chi connectivity index (χ2v) is 6.93. The maximum Gasteiger partial charge on any atom is 0.231 e. The summed E-state index contributed by atoms with van der Waals surface area (Å²) in [6.45, 7) is 7.36. The highest BCUT2D eigenvalue weighted by molar-refractivity contribution is 5.47. The largest absolute Gasteiger partial charge is 0.454 e. The van der Waals surface area contributed by atoms with Gasteiger partial charge in [-0.05, 0) is 43.4 Å². The summed E-state index contributed by atoms with van der Waals surface area (Å²) < 4.78 is 10.8. The molecule has 0 radical (unpaired) electrons. The predicted octanol–water partition coefficient (Wildman–Crippen LogP) is 3.36. The zero-order valence-electron chi connectivity index (χ0n) is 14.8. The number of nitrogens with one attached hydrogen (secondary N) is 1. The molecule has 132 valence electrons. The number of ether oxygens (including phenoxy) is 2. The molecule has 0 bridgehead atoms. The van der Waals surface area contributed by atoms with Crippen molar-refractivity contribution in [1.82, 2.24) is 9.97 Å². The average Bonchev–Trinajstić information content (AvgIpc) is 3.07. The summed E-state index contributed by atoms with van der Waals surface area (Å²) in [6.07, 6.45) is 2.50. The second kappa shape index (κ2) is 6.78. The van der Waals surface area contributed by atoms with E-state index in [0.29, 0.717) is 19.3 Å². The summed E-state index contributed by atoms with van der Waals surface area (Å²) in [5, 5.41) is 3.41. The molecular weight excluding hydrogens is 316 g/mol. The summed E-state index contributed by atoms with van der Waals surface area (Å²) in [5.41, 5.74) is 2.12. The molecule has 1 unspecified atom stereocenters. The van der Waals surface area contributed by atoms with E-state index >= 15 is 0 Å². The second-order valence-electron chi connectivity index (χ2n) is 6.93. The van der Waals surface area contributed by atoms with Gasteiger partial charge in [-0.25, -0.2) is 4.98 Å². The molecule has 0 saturated carbocycles. The lowest BCUT2D eigenvalue weighted by Gasteiger charge is -2.31. The first-order chi connectivity index (χ1) is 12.2. The molecule has 1 aromatic heterocycles. The van der Waals surface area contributed by atoms with Gasteiger partial charge in [-0.15, -0.1) is 0 Å². The summed E-state index contributed by atoms with van der Waals surface area (Å²) in [5.74, 6) is 4.00. The third-order valence-corrected chi connectivity index (χ3v) is 4.69. The van der Waals surface area contributed by atoms with Crippen molar-refractivity contribution in [2.45, 2.75) is 33.2 Å². The molecule has 6 heteroatoms. The van der Waals surface area contributed by atoms with Gasteiger partial charge in [-0.2, -0.15) is 4.98 Å². The zero-order valence-corrected chi connectivity index (χ0v) is 14.8. The lowest BCUT2D eigenvalue weighted by molar-refractivity contribution is 0.174. The third-order valence-electron chi connectivity index (χ3n) is 4.69. The highest BCUT2D eigenvalue weighted by Crippen LogP contribution is 2.32. The van der Waals surface area contributed by atoms with E-state index in [1.54, 1.807) is 0 Å². The number of piperidine rings is 1. The number of rotatable bonds is 4. The van der Waals surface area contributed by atoms with Crippen LogP contribution in [0.3, 0.4) is 0 Å². The molecule has 2 aliphatic heterocycles. The van der Waals surface area contributed by atoms with E-state index in [9.17, 15) is 0 Å². The first-order valence-corrected chi connectivity index (χ1v) is 8.90. The maximum absolute atomic E-state index is 5.44. The minimum absolute atomic E-state index is 0.301. The van der Waals surface area contributed by atoms with E-state index in [1.165, 1.54) is 12.8 Å². The van der Waals surface area contributed by atoms with Crippen LogP contribution in [0.1, 0.15) is 31.0 Å². The molecule has 6 nitrogen and oxygen atoms in total. The molecule has 1 atom stereocenters. The monoisotopic (exact) mass is 340 g/mol. The van der Waals surface area contributed by atoms with Crippen molar-refractivity contribution in [3.05, 3.63) is 35.5 Å². The smallest absolute Gasteiger partial charge is 0.231 e. The van der Waals surface area contributed by atoms with Gasteiger partial charge in [0.2, 0.25) is 12.7 Å². The van der Waals surface area contributed by atoms with E-state index in [4.69, 9.17) is 14.5 Å². The van der Waals surface area contributed by atoms with E-state index < -0.39 is 0 Å². The van der Waals surface area contributed by atoms with E-state index in [1.807, 2.05) is 31.2 Å². The van der Waals surface area contributed by atoms with Gasteiger partial charge in [0.05, 0.1) is 0 Å². The number of hydrogen-bond donors (Lipinski definition) is 1. The summed E-state index contributed by atoms with van der Waals surface area (Å²) in [6, 6.07) is 7.99. The van der Waals surface area contributed by atoms with Crippen LogP contribution < -0.4 is 19.7 Å². The van der Waals surface area contributed by atoms with Crippen molar-refractivity contribution in [2.75, 3.05) is 30.1 Å². The lowest BCUT2D eigenvalue weighted by atomic mass is 10.0. The van der Waals surface area contributed by atoms with Crippen LogP contribution >= 0.6 is 0 Å². The Labute approximate surface area is 148 Å². The number of hydrogen-bond acceptors (Lipinski definition) is 6. The first-order valence-electron chi connectivity index (χ1n) is 8.90. The van der Waals surface area contributed by atoms with E-state index in [2.05, 4.69) is 22.1 Å². The number of fused-ring (bicyclic) bond motifs is 1. The Morgan fingerprint density at radius 2 is 2.08 bits per heavy atom. The molecule has 4 rings (SSSR count). The Hall–Kier alpha value is -2.50. The van der Waals surface area contributed by atoms with Gasteiger partial charge in [-0.1, -0.05) is 13.0 Å². The lowest BCUT2D eigenvalue weighted by Crippen LogP contribution is -2.35. The van der Waals surface area contributed by atoms with Crippen molar-refractivity contribution in [3.8, 4) is 11.5 Å². The molecule has 25 heavy (non-hydrogen) atoms. The Morgan fingerprint density at radius 3 is 2.96 bits per heavy atom. The zero-order chi connectivity index (χ0) is 17.2. The van der Waals surface area contributed by atoms with Crippen LogP contribution in [0.4, 0.5) is 11.8 Å².